The highest BCUT2D eigenvalue weighted by molar-refractivity contribution is 6.24. The van der Waals surface area contributed by atoms with Crippen LogP contribution in [0.15, 0.2) is 60.7 Å². The van der Waals surface area contributed by atoms with Gasteiger partial charge in [0.05, 0.1) is 6.07 Å². The van der Waals surface area contributed by atoms with Crippen LogP contribution in [-0.4, -0.2) is 12.5 Å². The van der Waals surface area contributed by atoms with Gasteiger partial charge in [0, 0.05) is 5.57 Å². The smallest absolute Gasteiger partial charge is 0.252 e. The number of nitriles is 1. The highest BCUT2D eigenvalue weighted by Crippen LogP contribution is 2.18. The van der Waals surface area contributed by atoms with Gasteiger partial charge in [0.1, 0.15) is 6.54 Å². The van der Waals surface area contributed by atoms with Gasteiger partial charge in [-0.1, -0.05) is 60.7 Å². The number of hydrogen-bond donors (Lipinski definition) is 1. The van der Waals surface area contributed by atoms with Crippen molar-refractivity contribution < 1.29 is 4.79 Å². The first kappa shape index (κ1) is 13.6. The molecule has 3 heteroatoms. The zero-order chi connectivity index (χ0) is 14.2. The Morgan fingerprint density at radius 2 is 1.65 bits per heavy atom. The van der Waals surface area contributed by atoms with E-state index in [0.29, 0.717) is 5.57 Å². The minimum atomic E-state index is -0.249. The summed E-state index contributed by atoms with van der Waals surface area (Å²) in [6.45, 7) is -0.00219. The number of nitrogens with zero attached hydrogens (tertiary/aromatic N) is 1. The molecule has 98 valence electrons. The summed E-state index contributed by atoms with van der Waals surface area (Å²) in [5.74, 6) is -0.249. The molecule has 0 aliphatic heterocycles. The van der Waals surface area contributed by atoms with Gasteiger partial charge in [-0.3, -0.25) is 4.79 Å². The van der Waals surface area contributed by atoms with Gasteiger partial charge in [-0.15, -0.1) is 0 Å². The van der Waals surface area contributed by atoms with Gasteiger partial charge in [-0.25, -0.2) is 0 Å². The minimum absolute atomic E-state index is 0.00219. The molecule has 2 rings (SSSR count). The van der Waals surface area contributed by atoms with Crippen LogP contribution in [0.4, 0.5) is 0 Å². The third-order valence-corrected chi connectivity index (χ3v) is 2.77. The summed E-state index contributed by atoms with van der Waals surface area (Å²) in [5, 5.41) is 11.2. The second-order valence-corrected chi connectivity index (χ2v) is 4.18. The summed E-state index contributed by atoms with van der Waals surface area (Å²) in [6.07, 6.45) is 1.82. The molecule has 0 aliphatic carbocycles. The number of nitrogens with one attached hydrogen (secondary N) is 1. The molecule has 2 aromatic rings. The molecule has 0 spiro atoms. The van der Waals surface area contributed by atoms with E-state index in [4.69, 9.17) is 5.26 Å². The minimum Gasteiger partial charge on any atom is -0.339 e. The summed E-state index contributed by atoms with van der Waals surface area (Å²) >= 11 is 0. The molecule has 1 amide bonds. The number of amides is 1. The van der Waals surface area contributed by atoms with Crippen molar-refractivity contribution in [1.82, 2.24) is 5.32 Å². The van der Waals surface area contributed by atoms with Crippen LogP contribution < -0.4 is 5.32 Å². The first-order valence-corrected chi connectivity index (χ1v) is 6.28. The highest BCUT2D eigenvalue weighted by Gasteiger charge is 2.11. The molecule has 0 aliphatic rings. The van der Waals surface area contributed by atoms with Gasteiger partial charge >= 0.3 is 0 Å². The van der Waals surface area contributed by atoms with E-state index in [9.17, 15) is 4.79 Å². The van der Waals surface area contributed by atoms with E-state index in [2.05, 4.69) is 5.32 Å². The molecule has 0 saturated carbocycles. The third kappa shape index (κ3) is 3.56. The van der Waals surface area contributed by atoms with Crippen LogP contribution in [-0.2, 0) is 4.79 Å². The molecule has 20 heavy (non-hydrogen) atoms. The maximum absolute atomic E-state index is 12.2. The lowest BCUT2D eigenvalue weighted by atomic mass is 10.0. The van der Waals surface area contributed by atoms with Crippen LogP contribution in [0.3, 0.4) is 0 Å². The number of rotatable bonds is 4. The van der Waals surface area contributed by atoms with Gasteiger partial charge in [0.15, 0.2) is 0 Å². The van der Waals surface area contributed by atoms with Gasteiger partial charge in [-0.2, -0.15) is 5.26 Å². The fourth-order valence-corrected chi connectivity index (χ4v) is 1.83. The van der Waals surface area contributed by atoms with Gasteiger partial charge in [0.2, 0.25) is 0 Å². The maximum Gasteiger partial charge on any atom is 0.252 e. The van der Waals surface area contributed by atoms with E-state index in [1.54, 1.807) is 0 Å². The summed E-state index contributed by atoms with van der Waals surface area (Å²) in [6, 6.07) is 20.9. The second-order valence-electron chi connectivity index (χ2n) is 4.18. The van der Waals surface area contributed by atoms with Crippen molar-refractivity contribution in [3.63, 3.8) is 0 Å². The van der Waals surface area contributed by atoms with Crippen LogP contribution in [0.1, 0.15) is 11.1 Å². The number of carbonyl (C=O) groups is 1. The van der Waals surface area contributed by atoms with E-state index in [-0.39, 0.29) is 12.5 Å². The van der Waals surface area contributed by atoms with Crippen LogP contribution in [0, 0.1) is 11.3 Å². The molecule has 0 unspecified atom stereocenters. The highest BCUT2D eigenvalue weighted by atomic mass is 16.1. The zero-order valence-electron chi connectivity index (χ0n) is 10.9. The summed E-state index contributed by atoms with van der Waals surface area (Å²) in [5.41, 5.74) is 2.32. The Hall–Kier alpha value is -2.86. The van der Waals surface area contributed by atoms with E-state index in [1.165, 1.54) is 0 Å². The Morgan fingerprint density at radius 3 is 2.25 bits per heavy atom. The predicted molar refractivity (Wildman–Crippen MR) is 79.4 cm³/mol. The molecular weight excluding hydrogens is 248 g/mol. The molecule has 0 heterocycles. The topological polar surface area (TPSA) is 52.9 Å². The maximum atomic E-state index is 12.2. The molecule has 0 atom stereocenters. The van der Waals surface area contributed by atoms with E-state index >= 15 is 0 Å². The largest absolute Gasteiger partial charge is 0.339 e. The molecule has 1 N–H and O–H groups in total. The Balaban J connectivity index is 2.37. The Kier molecular flexibility index (Phi) is 4.69. The fraction of sp³-hybridized carbons (Fsp3) is 0.0588. The third-order valence-electron chi connectivity index (χ3n) is 2.77. The predicted octanol–water partition coefficient (Wildman–Crippen LogP) is 2.87. The number of benzene rings is 2. The Morgan fingerprint density at radius 1 is 1.05 bits per heavy atom. The number of carbonyl (C=O) groups excluding carboxylic acids is 1. The van der Waals surface area contributed by atoms with Crippen molar-refractivity contribution in [2.45, 2.75) is 0 Å². The van der Waals surface area contributed by atoms with Crippen molar-refractivity contribution in [3.05, 3.63) is 71.8 Å². The van der Waals surface area contributed by atoms with Gasteiger partial charge < -0.3 is 5.32 Å². The SMILES string of the molecule is N#CCNC(=O)/C(=C\c1ccccc1)c1ccccc1. The lowest BCUT2D eigenvalue weighted by molar-refractivity contribution is -0.115. The van der Waals surface area contributed by atoms with Gasteiger partial charge in [-0.05, 0) is 17.2 Å². The quantitative estimate of drug-likeness (QED) is 0.523. The van der Waals surface area contributed by atoms with E-state index in [1.807, 2.05) is 72.8 Å². The Labute approximate surface area is 118 Å². The van der Waals surface area contributed by atoms with Crippen LogP contribution >= 0.6 is 0 Å². The van der Waals surface area contributed by atoms with Crippen LogP contribution in [0.5, 0.6) is 0 Å². The monoisotopic (exact) mass is 262 g/mol. The molecule has 2 aromatic carbocycles. The lowest BCUT2D eigenvalue weighted by Gasteiger charge is -2.07. The molecule has 0 radical (unpaired) electrons. The zero-order valence-corrected chi connectivity index (χ0v) is 10.9. The molecule has 0 saturated heterocycles. The first-order chi connectivity index (χ1) is 9.81. The first-order valence-electron chi connectivity index (χ1n) is 6.28. The van der Waals surface area contributed by atoms with Gasteiger partial charge in [0.25, 0.3) is 5.91 Å². The van der Waals surface area contributed by atoms with Crippen molar-refractivity contribution in [2.24, 2.45) is 0 Å². The second kappa shape index (κ2) is 6.91. The van der Waals surface area contributed by atoms with Crippen molar-refractivity contribution in [3.8, 4) is 6.07 Å². The molecular formula is C17H14N2O. The van der Waals surface area contributed by atoms with Crippen molar-refractivity contribution in [2.75, 3.05) is 6.54 Å². The molecule has 0 aromatic heterocycles. The van der Waals surface area contributed by atoms with E-state index in [0.717, 1.165) is 11.1 Å². The van der Waals surface area contributed by atoms with E-state index < -0.39 is 0 Å². The average Bonchev–Trinajstić information content (AvgIpc) is 2.52. The normalized spacial score (nSPS) is 10.7. The Bertz CT molecular complexity index is 640. The average molecular weight is 262 g/mol. The molecule has 0 fully saturated rings. The number of hydrogen-bond acceptors (Lipinski definition) is 2. The fourth-order valence-electron chi connectivity index (χ4n) is 1.83. The summed E-state index contributed by atoms with van der Waals surface area (Å²) < 4.78 is 0. The van der Waals surface area contributed by atoms with Crippen molar-refractivity contribution >= 4 is 17.6 Å². The molecule has 0 bridgehead atoms. The lowest BCUT2D eigenvalue weighted by Crippen LogP contribution is -2.24. The van der Waals surface area contributed by atoms with Crippen molar-refractivity contribution in [1.29, 1.82) is 5.26 Å². The van der Waals surface area contributed by atoms with Crippen LogP contribution in [0.2, 0.25) is 0 Å². The summed E-state index contributed by atoms with van der Waals surface area (Å²) in [4.78, 5) is 12.2. The summed E-state index contributed by atoms with van der Waals surface area (Å²) in [7, 11) is 0. The molecule has 3 nitrogen and oxygen atoms in total. The van der Waals surface area contributed by atoms with Crippen LogP contribution in [0.25, 0.3) is 11.6 Å². The standard InChI is InChI=1S/C17H14N2O/c18-11-12-19-17(20)16(15-9-5-2-6-10-15)13-14-7-3-1-4-8-14/h1-10,13H,12H2,(H,19,20)/b16-13-.